The van der Waals surface area contributed by atoms with Gasteiger partial charge in [0.1, 0.15) is 22.3 Å². The van der Waals surface area contributed by atoms with Crippen molar-refractivity contribution in [3.63, 3.8) is 0 Å². The molecule has 1 aromatic heterocycles. The van der Waals surface area contributed by atoms with E-state index in [9.17, 15) is 4.79 Å². The summed E-state index contributed by atoms with van der Waals surface area (Å²) in [5, 5.41) is 0.822. The lowest BCUT2D eigenvalue weighted by Crippen LogP contribution is -2.24. The van der Waals surface area contributed by atoms with E-state index in [2.05, 4.69) is 12.6 Å². The second-order valence-corrected chi connectivity index (χ2v) is 5.61. The lowest BCUT2D eigenvalue weighted by molar-refractivity contribution is 0.133. The molecule has 2 aromatic rings. The van der Waals surface area contributed by atoms with Crippen molar-refractivity contribution in [3.05, 3.63) is 34.0 Å². The summed E-state index contributed by atoms with van der Waals surface area (Å²) in [6.07, 6.45) is 0. The molecule has 0 bridgehead atoms. The van der Waals surface area contributed by atoms with Gasteiger partial charge in [-0.2, -0.15) is 0 Å². The summed E-state index contributed by atoms with van der Waals surface area (Å²) in [5.41, 5.74) is 0.531. The van der Waals surface area contributed by atoms with Crippen molar-refractivity contribution in [2.45, 2.75) is 38.4 Å². The average Bonchev–Trinajstić information content (AvgIpc) is 2.23. The highest BCUT2D eigenvalue weighted by molar-refractivity contribution is 7.80. The molecule has 96 valence electrons. The van der Waals surface area contributed by atoms with Gasteiger partial charge in [0.15, 0.2) is 5.09 Å². The Balaban J connectivity index is 2.77. The van der Waals surface area contributed by atoms with Crippen molar-refractivity contribution in [1.29, 1.82) is 0 Å². The summed E-state index contributed by atoms with van der Waals surface area (Å²) >= 11 is 4.16. The molecule has 0 amide bonds. The molecule has 0 aliphatic carbocycles. The lowest BCUT2D eigenvalue weighted by Gasteiger charge is -2.22. The van der Waals surface area contributed by atoms with Gasteiger partial charge in [0, 0.05) is 5.56 Å². The fourth-order valence-corrected chi connectivity index (χ4v) is 1.90. The number of ether oxygens (including phenoxy) is 1. The molecule has 0 N–H and O–H groups in total. The highest BCUT2D eigenvalue weighted by atomic mass is 32.1. The van der Waals surface area contributed by atoms with E-state index in [1.54, 1.807) is 25.1 Å². The molecule has 0 radical (unpaired) electrons. The van der Waals surface area contributed by atoms with Gasteiger partial charge in [0.2, 0.25) is 5.43 Å². The Labute approximate surface area is 111 Å². The van der Waals surface area contributed by atoms with E-state index in [4.69, 9.17) is 9.15 Å². The molecule has 2 rings (SSSR count). The molecule has 3 nitrogen and oxygen atoms in total. The number of hydrogen-bond donors (Lipinski definition) is 1. The summed E-state index contributed by atoms with van der Waals surface area (Å²) in [4.78, 5) is 12.3. The summed E-state index contributed by atoms with van der Waals surface area (Å²) in [6, 6.07) is 5.32. The SMILES string of the molecule is Cc1c(S)oc2cccc(OC(C)(C)C)c2c1=O. The Morgan fingerprint density at radius 1 is 1.28 bits per heavy atom. The van der Waals surface area contributed by atoms with E-state index in [-0.39, 0.29) is 11.0 Å². The van der Waals surface area contributed by atoms with Crippen LogP contribution < -0.4 is 10.2 Å². The number of benzene rings is 1. The molecule has 0 spiro atoms. The van der Waals surface area contributed by atoms with Gasteiger partial charge >= 0.3 is 0 Å². The van der Waals surface area contributed by atoms with Gasteiger partial charge in [0.05, 0.1) is 0 Å². The molecular formula is C14H16O3S. The van der Waals surface area contributed by atoms with Crippen LogP contribution in [0.4, 0.5) is 0 Å². The highest BCUT2D eigenvalue weighted by Crippen LogP contribution is 2.28. The Kier molecular flexibility index (Phi) is 3.15. The van der Waals surface area contributed by atoms with Gasteiger partial charge in [-0.3, -0.25) is 4.79 Å². The fraction of sp³-hybridized carbons (Fsp3) is 0.357. The summed E-state index contributed by atoms with van der Waals surface area (Å²) < 4.78 is 11.3. The second-order valence-electron chi connectivity index (χ2n) is 5.21. The van der Waals surface area contributed by atoms with Crippen LogP contribution in [0.25, 0.3) is 11.0 Å². The molecule has 0 saturated heterocycles. The van der Waals surface area contributed by atoms with Crippen LogP contribution in [0.5, 0.6) is 5.75 Å². The minimum atomic E-state index is -0.367. The average molecular weight is 264 g/mol. The van der Waals surface area contributed by atoms with Crippen LogP contribution in [-0.2, 0) is 0 Å². The molecule has 4 heteroatoms. The van der Waals surface area contributed by atoms with Crippen LogP contribution in [-0.4, -0.2) is 5.60 Å². The normalized spacial score (nSPS) is 11.8. The van der Waals surface area contributed by atoms with Crippen LogP contribution in [0.2, 0.25) is 0 Å². The maximum Gasteiger partial charge on any atom is 0.200 e. The Bertz CT molecular complexity index is 650. The smallest absolute Gasteiger partial charge is 0.200 e. The van der Waals surface area contributed by atoms with Crippen LogP contribution in [0, 0.1) is 6.92 Å². The minimum Gasteiger partial charge on any atom is -0.487 e. The first-order valence-corrected chi connectivity index (χ1v) is 6.19. The minimum absolute atomic E-state index is 0.0962. The van der Waals surface area contributed by atoms with Crippen molar-refractivity contribution in [1.82, 2.24) is 0 Å². The molecular weight excluding hydrogens is 248 g/mol. The monoisotopic (exact) mass is 264 g/mol. The topological polar surface area (TPSA) is 39.4 Å². The molecule has 0 fully saturated rings. The van der Waals surface area contributed by atoms with E-state index in [0.717, 1.165) is 0 Å². The van der Waals surface area contributed by atoms with Gasteiger partial charge in [-0.05, 0) is 39.8 Å². The maximum atomic E-state index is 12.3. The fourth-order valence-electron chi connectivity index (χ4n) is 1.70. The zero-order valence-electron chi connectivity index (χ0n) is 10.9. The first kappa shape index (κ1) is 13.0. The molecule has 0 saturated carbocycles. The zero-order valence-corrected chi connectivity index (χ0v) is 11.8. The summed E-state index contributed by atoms with van der Waals surface area (Å²) in [7, 11) is 0. The van der Waals surface area contributed by atoms with Crippen molar-refractivity contribution in [3.8, 4) is 5.75 Å². The Morgan fingerprint density at radius 3 is 2.56 bits per heavy atom. The molecule has 1 aromatic carbocycles. The second kappa shape index (κ2) is 4.35. The first-order valence-electron chi connectivity index (χ1n) is 5.74. The van der Waals surface area contributed by atoms with Gasteiger partial charge < -0.3 is 9.15 Å². The van der Waals surface area contributed by atoms with Crippen molar-refractivity contribution >= 4 is 23.6 Å². The Morgan fingerprint density at radius 2 is 1.94 bits per heavy atom. The first-order chi connectivity index (χ1) is 8.29. The molecule has 0 unspecified atom stereocenters. The van der Waals surface area contributed by atoms with Crippen molar-refractivity contribution in [2.75, 3.05) is 0 Å². The largest absolute Gasteiger partial charge is 0.487 e. The maximum absolute atomic E-state index is 12.3. The third kappa shape index (κ3) is 2.38. The van der Waals surface area contributed by atoms with E-state index >= 15 is 0 Å². The highest BCUT2D eigenvalue weighted by Gasteiger charge is 2.17. The quantitative estimate of drug-likeness (QED) is 0.800. The van der Waals surface area contributed by atoms with E-state index in [1.807, 2.05) is 20.8 Å². The number of hydrogen-bond acceptors (Lipinski definition) is 4. The number of fused-ring (bicyclic) bond motifs is 1. The van der Waals surface area contributed by atoms with Crippen molar-refractivity contribution in [2.24, 2.45) is 0 Å². The molecule has 0 aliphatic rings. The van der Waals surface area contributed by atoms with Gasteiger partial charge in [-0.15, -0.1) is 12.6 Å². The lowest BCUT2D eigenvalue weighted by atomic mass is 10.1. The van der Waals surface area contributed by atoms with E-state index in [1.165, 1.54) is 0 Å². The third-order valence-corrected chi connectivity index (χ3v) is 2.93. The van der Waals surface area contributed by atoms with E-state index < -0.39 is 0 Å². The van der Waals surface area contributed by atoms with Crippen LogP contribution in [0.3, 0.4) is 0 Å². The Hall–Kier alpha value is -1.42. The van der Waals surface area contributed by atoms with E-state index in [0.29, 0.717) is 27.4 Å². The molecule has 18 heavy (non-hydrogen) atoms. The predicted octanol–water partition coefficient (Wildman–Crippen LogP) is 3.57. The van der Waals surface area contributed by atoms with Crippen LogP contribution >= 0.6 is 12.6 Å². The number of thiol groups is 1. The number of rotatable bonds is 1. The van der Waals surface area contributed by atoms with Gasteiger partial charge in [-0.25, -0.2) is 0 Å². The molecule has 1 heterocycles. The molecule has 0 atom stereocenters. The summed E-state index contributed by atoms with van der Waals surface area (Å²) in [6.45, 7) is 7.51. The molecule has 0 aliphatic heterocycles. The predicted molar refractivity (Wildman–Crippen MR) is 74.9 cm³/mol. The van der Waals surface area contributed by atoms with Crippen LogP contribution in [0.15, 0.2) is 32.5 Å². The van der Waals surface area contributed by atoms with Gasteiger partial charge in [0.25, 0.3) is 0 Å². The van der Waals surface area contributed by atoms with Crippen LogP contribution in [0.1, 0.15) is 26.3 Å². The summed E-state index contributed by atoms with van der Waals surface area (Å²) in [5.74, 6) is 0.546. The van der Waals surface area contributed by atoms with Crippen molar-refractivity contribution < 1.29 is 9.15 Å². The zero-order chi connectivity index (χ0) is 13.5. The van der Waals surface area contributed by atoms with Gasteiger partial charge in [-0.1, -0.05) is 6.07 Å². The third-order valence-electron chi connectivity index (χ3n) is 2.50. The standard InChI is InChI=1S/C14H16O3S/c1-8-12(15)11-9(16-13(8)18)6-5-7-10(11)17-14(2,3)4/h5-7,18H,1-4H3.